The van der Waals surface area contributed by atoms with E-state index in [0.29, 0.717) is 5.02 Å². The highest BCUT2D eigenvalue weighted by atomic mass is 35.5. The van der Waals surface area contributed by atoms with Crippen LogP contribution in [0.3, 0.4) is 0 Å². The molecule has 82 valence electrons. The Morgan fingerprint density at radius 2 is 1.80 bits per heavy atom. The van der Waals surface area contributed by atoms with E-state index >= 15 is 0 Å². The van der Waals surface area contributed by atoms with Crippen LogP contribution in [0.15, 0.2) is 24.3 Å². The molecule has 1 aliphatic carbocycles. The molecule has 0 saturated heterocycles. The van der Waals surface area contributed by atoms with Gasteiger partial charge in [-0.2, -0.15) is 0 Å². The van der Waals surface area contributed by atoms with E-state index < -0.39 is 15.1 Å². The molecule has 0 aromatic heterocycles. The van der Waals surface area contributed by atoms with Crippen molar-refractivity contribution in [3.05, 3.63) is 34.9 Å². The number of benzene rings is 1. The summed E-state index contributed by atoms with van der Waals surface area (Å²) < 4.78 is 22.7. The Morgan fingerprint density at radius 3 is 2.20 bits per heavy atom. The average molecular weight is 246 g/mol. The van der Waals surface area contributed by atoms with Crippen LogP contribution in [-0.4, -0.2) is 26.0 Å². The Kier molecular flexibility index (Phi) is 2.53. The average Bonchev–Trinajstić information content (AvgIpc) is 2.78. The van der Waals surface area contributed by atoms with E-state index in [-0.39, 0.29) is 12.0 Å². The van der Waals surface area contributed by atoms with Gasteiger partial charge < -0.3 is 5.73 Å². The molecule has 0 spiro atoms. The largest absolute Gasteiger partial charge is 0.326 e. The molecule has 5 heteroatoms. The maximum absolute atomic E-state index is 11.3. The van der Waals surface area contributed by atoms with Crippen molar-refractivity contribution in [3.63, 3.8) is 0 Å². The summed E-state index contributed by atoms with van der Waals surface area (Å²) in [4.78, 5) is 0. The lowest BCUT2D eigenvalue weighted by Crippen LogP contribution is -2.13. The van der Waals surface area contributed by atoms with Gasteiger partial charge in [-0.3, -0.25) is 0 Å². The Bertz CT molecular complexity index is 469. The number of nitrogens with two attached hydrogens (primary N) is 1. The summed E-state index contributed by atoms with van der Waals surface area (Å²) in [7, 11) is -3.04. The first-order valence-electron chi connectivity index (χ1n) is 4.61. The van der Waals surface area contributed by atoms with Crippen LogP contribution < -0.4 is 5.73 Å². The van der Waals surface area contributed by atoms with Gasteiger partial charge in [0.15, 0.2) is 9.84 Å². The monoisotopic (exact) mass is 245 g/mol. The van der Waals surface area contributed by atoms with Crippen molar-refractivity contribution in [3.8, 4) is 0 Å². The Hall–Kier alpha value is -0.580. The first kappa shape index (κ1) is 10.9. The number of hydrogen-bond donors (Lipinski definition) is 1. The molecule has 2 rings (SSSR count). The highest BCUT2D eigenvalue weighted by Gasteiger charge is 2.54. The summed E-state index contributed by atoms with van der Waals surface area (Å²) >= 11 is 5.75. The van der Waals surface area contributed by atoms with Crippen LogP contribution in [0.2, 0.25) is 5.02 Å². The van der Waals surface area contributed by atoms with E-state index in [1.165, 1.54) is 6.26 Å². The number of hydrogen-bond acceptors (Lipinski definition) is 3. The molecule has 3 atom stereocenters. The minimum absolute atomic E-state index is 0.0720. The van der Waals surface area contributed by atoms with Gasteiger partial charge in [0.05, 0.1) is 5.25 Å². The number of halogens is 1. The molecule has 1 aromatic rings. The van der Waals surface area contributed by atoms with Gasteiger partial charge in [0.25, 0.3) is 0 Å². The van der Waals surface area contributed by atoms with Crippen LogP contribution in [0.25, 0.3) is 0 Å². The summed E-state index contributed by atoms with van der Waals surface area (Å²) in [6, 6.07) is 6.89. The number of sulfone groups is 1. The van der Waals surface area contributed by atoms with Crippen LogP contribution >= 0.6 is 11.6 Å². The first-order valence-corrected chi connectivity index (χ1v) is 6.94. The fourth-order valence-corrected chi connectivity index (χ4v) is 3.60. The van der Waals surface area contributed by atoms with E-state index in [0.717, 1.165) is 5.56 Å². The van der Waals surface area contributed by atoms with Crippen molar-refractivity contribution >= 4 is 21.4 Å². The second kappa shape index (κ2) is 3.47. The van der Waals surface area contributed by atoms with Crippen molar-refractivity contribution in [1.82, 2.24) is 0 Å². The van der Waals surface area contributed by atoms with E-state index in [1.807, 2.05) is 12.1 Å². The van der Waals surface area contributed by atoms with Crippen molar-refractivity contribution in [2.75, 3.05) is 6.26 Å². The molecule has 0 bridgehead atoms. The van der Waals surface area contributed by atoms with Gasteiger partial charge in [0, 0.05) is 23.2 Å². The highest BCUT2D eigenvalue weighted by molar-refractivity contribution is 7.91. The van der Waals surface area contributed by atoms with E-state index in [4.69, 9.17) is 17.3 Å². The zero-order valence-electron chi connectivity index (χ0n) is 8.22. The number of rotatable bonds is 2. The Labute approximate surface area is 94.2 Å². The maximum Gasteiger partial charge on any atom is 0.152 e. The molecule has 0 aliphatic heterocycles. The fraction of sp³-hybridized carbons (Fsp3) is 0.400. The topological polar surface area (TPSA) is 60.2 Å². The fourth-order valence-electron chi connectivity index (χ4n) is 1.95. The first-order chi connectivity index (χ1) is 6.91. The summed E-state index contributed by atoms with van der Waals surface area (Å²) in [5, 5.41) is 0.211. The molecule has 0 amide bonds. The molecule has 0 heterocycles. The second-order valence-corrected chi connectivity index (χ2v) is 6.59. The van der Waals surface area contributed by atoms with Gasteiger partial charge in [-0.05, 0) is 17.7 Å². The quantitative estimate of drug-likeness (QED) is 0.851. The minimum atomic E-state index is -3.04. The summed E-state index contributed by atoms with van der Waals surface area (Å²) in [6.07, 6.45) is 1.23. The zero-order chi connectivity index (χ0) is 11.2. The lowest BCUT2D eigenvalue weighted by atomic mass is 10.1. The van der Waals surface area contributed by atoms with E-state index in [1.54, 1.807) is 12.1 Å². The third kappa shape index (κ3) is 2.02. The predicted octanol–water partition coefficient (Wildman–Crippen LogP) is 1.18. The molecule has 0 radical (unpaired) electrons. The van der Waals surface area contributed by atoms with Crippen molar-refractivity contribution in [2.24, 2.45) is 5.73 Å². The summed E-state index contributed by atoms with van der Waals surface area (Å²) in [5.41, 5.74) is 6.70. The SMILES string of the molecule is CS(=O)(=O)[C@H]1[C@@H](N)[C@@H]1c1ccc(Cl)cc1. The molecule has 1 aromatic carbocycles. The highest BCUT2D eigenvalue weighted by Crippen LogP contribution is 2.44. The molecule has 0 unspecified atom stereocenters. The van der Waals surface area contributed by atoms with Gasteiger partial charge in [0.1, 0.15) is 0 Å². The van der Waals surface area contributed by atoms with Gasteiger partial charge in [-0.25, -0.2) is 8.42 Å². The summed E-state index contributed by atoms with van der Waals surface area (Å²) in [6.45, 7) is 0. The molecule has 1 aliphatic rings. The summed E-state index contributed by atoms with van der Waals surface area (Å²) in [5.74, 6) is -0.0720. The second-order valence-electron chi connectivity index (χ2n) is 3.95. The molecule has 1 fully saturated rings. The molecular weight excluding hydrogens is 234 g/mol. The lowest BCUT2D eigenvalue weighted by molar-refractivity contribution is 0.599. The van der Waals surface area contributed by atoms with E-state index in [9.17, 15) is 8.42 Å². The van der Waals surface area contributed by atoms with Crippen LogP contribution in [-0.2, 0) is 9.84 Å². The van der Waals surface area contributed by atoms with Crippen molar-refractivity contribution < 1.29 is 8.42 Å². The predicted molar refractivity (Wildman–Crippen MR) is 60.8 cm³/mol. The minimum Gasteiger partial charge on any atom is -0.326 e. The smallest absolute Gasteiger partial charge is 0.152 e. The normalized spacial score (nSPS) is 30.2. The molecule has 3 nitrogen and oxygen atoms in total. The molecule has 1 saturated carbocycles. The van der Waals surface area contributed by atoms with Crippen LogP contribution in [0, 0.1) is 0 Å². The molecule has 15 heavy (non-hydrogen) atoms. The van der Waals surface area contributed by atoms with Gasteiger partial charge in [-0.15, -0.1) is 0 Å². The third-order valence-electron chi connectivity index (χ3n) is 2.76. The van der Waals surface area contributed by atoms with Crippen LogP contribution in [0.5, 0.6) is 0 Å². The Morgan fingerprint density at radius 1 is 1.27 bits per heavy atom. The lowest BCUT2D eigenvalue weighted by Gasteiger charge is -1.98. The van der Waals surface area contributed by atoms with Crippen LogP contribution in [0.1, 0.15) is 11.5 Å². The molecular formula is C10H12ClNO2S. The zero-order valence-corrected chi connectivity index (χ0v) is 9.79. The Balaban J connectivity index is 2.26. The van der Waals surface area contributed by atoms with Crippen LogP contribution in [0.4, 0.5) is 0 Å². The van der Waals surface area contributed by atoms with Gasteiger partial charge in [-0.1, -0.05) is 23.7 Å². The maximum atomic E-state index is 11.3. The van der Waals surface area contributed by atoms with E-state index in [2.05, 4.69) is 0 Å². The third-order valence-corrected chi connectivity index (χ3v) is 4.60. The van der Waals surface area contributed by atoms with Gasteiger partial charge >= 0.3 is 0 Å². The molecule has 2 N–H and O–H groups in total. The van der Waals surface area contributed by atoms with Gasteiger partial charge in [0.2, 0.25) is 0 Å². The standard InChI is InChI=1S/C10H12ClNO2S/c1-15(13,14)10-8(9(10)12)6-2-4-7(11)5-3-6/h2-5,8-10H,12H2,1H3/t8-,9-,10+/m0/s1. The van der Waals surface area contributed by atoms with Crippen molar-refractivity contribution in [2.45, 2.75) is 17.2 Å². The van der Waals surface area contributed by atoms with Crippen molar-refractivity contribution in [1.29, 1.82) is 0 Å².